The van der Waals surface area contributed by atoms with Crippen molar-refractivity contribution in [2.24, 2.45) is 0 Å². The maximum atomic E-state index is 12.9. The van der Waals surface area contributed by atoms with Gasteiger partial charge in [-0.1, -0.05) is 56.7 Å². The Bertz CT molecular complexity index is 1010. The zero-order valence-electron chi connectivity index (χ0n) is 18.3. The molecular formula is C25H26ClF3N2O2. The van der Waals surface area contributed by atoms with E-state index in [4.69, 9.17) is 16.3 Å². The fourth-order valence-corrected chi connectivity index (χ4v) is 3.28. The predicted octanol–water partition coefficient (Wildman–Crippen LogP) is 7.64. The van der Waals surface area contributed by atoms with E-state index in [1.165, 1.54) is 37.5 Å². The van der Waals surface area contributed by atoms with Crippen molar-refractivity contribution < 1.29 is 22.7 Å². The second-order valence-corrected chi connectivity index (χ2v) is 7.94. The average Bonchev–Trinajstić information content (AvgIpc) is 2.77. The number of hydrogen-bond acceptors (Lipinski definition) is 3. The van der Waals surface area contributed by atoms with Gasteiger partial charge in [-0.25, -0.2) is 0 Å². The Morgan fingerprint density at radius 1 is 1.12 bits per heavy atom. The van der Waals surface area contributed by atoms with Gasteiger partial charge in [0.1, 0.15) is 17.4 Å². The first-order valence-corrected chi connectivity index (χ1v) is 11.1. The van der Waals surface area contributed by atoms with Gasteiger partial charge in [-0.3, -0.25) is 4.79 Å². The summed E-state index contributed by atoms with van der Waals surface area (Å²) in [4.78, 5) is 12.5. The molecule has 0 bridgehead atoms. The largest absolute Gasteiger partial charge is 0.493 e. The summed E-state index contributed by atoms with van der Waals surface area (Å²) in [5, 5.41) is 12.2. The number of carbonyl (C=O) groups is 1. The Morgan fingerprint density at radius 2 is 1.85 bits per heavy atom. The van der Waals surface area contributed by atoms with E-state index < -0.39 is 17.6 Å². The fourth-order valence-electron chi connectivity index (χ4n) is 3.10. The number of carbonyl (C=O) groups excluding carboxylic acids is 1. The van der Waals surface area contributed by atoms with Crippen molar-refractivity contribution in [2.45, 2.75) is 51.6 Å². The third-order valence-corrected chi connectivity index (χ3v) is 5.08. The number of nitrogens with zero attached hydrogens (tertiary/aromatic N) is 1. The van der Waals surface area contributed by atoms with Gasteiger partial charge in [-0.15, -0.1) is 0 Å². The number of nitriles is 1. The van der Waals surface area contributed by atoms with Gasteiger partial charge in [0.05, 0.1) is 12.2 Å². The first-order valence-electron chi connectivity index (χ1n) is 10.8. The highest BCUT2D eigenvalue weighted by Gasteiger charge is 2.30. The maximum absolute atomic E-state index is 12.9. The van der Waals surface area contributed by atoms with Crippen LogP contribution >= 0.6 is 11.6 Å². The topological polar surface area (TPSA) is 62.1 Å². The lowest BCUT2D eigenvalue weighted by Crippen LogP contribution is -2.14. The summed E-state index contributed by atoms with van der Waals surface area (Å²) < 4.78 is 44.5. The van der Waals surface area contributed by atoms with Crippen LogP contribution in [0.2, 0.25) is 5.02 Å². The molecule has 2 aromatic carbocycles. The number of alkyl halides is 3. The minimum Gasteiger partial charge on any atom is -0.493 e. The highest BCUT2D eigenvalue weighted by atomic mass is 35.5. The van der Waals surface area contributed by atoms with Crippen molar-refractivity contribution in [3.63, 3.8) is 0 Å². The lowest BCUT2D eigenvalue weighted by molar-refractivity contribution is -0.137. The molecule has 1 amide bonds. The van der Waals surface area contributed by atoms with Crippen LogP contribution in [0.1, 0.15) is 56.6 Å². The van der Waals surface area contributed by atoms with Gasteiger partial charge in [0.25, 0.3) is 5.91 Å². The standard InChI is InChI=1S/C25H26ClF3N2O2/c1-2-3-4-5-6-7-13-33-23-12-11-21(26)15-18(23)14-19(17-30)24(32)31-22-10-8-9-20(16-22)25(27,28)29/h8-12,14-16H,2-7,13H2,1H3,(H,31,32)/b19-14+. The molecule has 0 atom stereocenters. The second kappa shape index (κ2) is 12.9. The van der Waals surface area contributed by atoms with Crippen LogP contribution < -0.4 is 10.1 Å². The molecule has 0 saturated heterocycles. The van der Waals surface area contributed by atoms with E-state index in [-0.39, 0.29) is 11.3 Å². The second-order valence-electron chi connectivity index (χ2n) is 7.50. The molecule has 0 aliphatic carbocycles. The van der Waals surface area contributed by atoms with Gasteiger partial charge in [0.2, 0.25) is 0 Å². The van der Waals surface area contributed by atoms with Crippen molar-refractivity contribution in [3.05, 3.63) is 64.2 Å². The van der Waals surface area contributed by atoms with E-state index in [0.717, 1.165) is 31.4 Å². The number of ether oxygens (including phenoxy) is 1. The maximum Gasteiger partial charge on any atom is 0.416 e. The Balaban J connectivity index is 2.11. The van der Waals surface area contributed by atoms with Crippen LogP contribution in [0.15, 0.2) is 48.0 Å². The number of benzene rings is 2. The first kappa shape index (κ1) is 26.3. The summed E-state index contributed by atoms with van der Waals surface area (Å²) in [5.74, 6) is -0.369. The Labute approximate surface area is 197 Å². The van der Waals surface area contributed by atoms with Crippen molar-refractivity contribution in [2.75, 3.05) is 11.9 Å². The fraction of sp³-hybridized carbons (Fsp3) is 0.360. The monoisotopic (exact) mass is 478 g/mol. The van der Waals surface area contributed by atoms with Crippen molar-refractivity contribution in [1.82, 2.24) is 0 Å². The molecule has 4 nitrogen and oxygen atoms in total. The van der Waals surface area contributed by atoms with Crippen LogP contribution in [0, 0.1) is 11.3 Å². The van der Waals surface area contributed by atoms with Crippen molar-refractivity contribution >= 4 is 29.3 Å². The molecular weight excluding hydrogens is 453 g/mol. The molecule has 0 heterocycles. The Hall–Kier alpha value is -2.98. The molecule has 0 aliphatic heterocycles. The Kier molecular flexibility index (Phi) is 10.3. The summed E-state index contributed by atoms with van der Waals surface area (Å²) in [6, 6.07) is 10.9. The number of nitrogens with one attached hydrogen (secondary N) is 1. The molecule has 0 aliphatic rings. The van der Waals surface area contributed by atoms with Crippen LogP contribution in [0.4, 0.5) is 18.9 Å². The van der Waals surface area contributed by atoms with Crippen LogP contribution in [0.5, 0.6) is 5.75 Å². The molecule has 0 spiro atoms. The number of amides is 1. The molecule has 1 N–H and O–H groups in total. The van der Waals surface area contributed by atoms with E-state index >= 15 is 0 Å². The van der Waals surface area contributed by atoms with Crippen molar-refractivity contribution in [3.8, 4) is 11.8 Å². The quantitative estimate of drug-likeness (QED) is 0.205. The van der Waals surface area contributed by atoms with Crippen molar-refractivity contribution in [1.29, 1.82) is 5.26 Å². The predicted molar refractivity (Wildman–Crippen MR) is 124 cm³/mol. The van der Waals surface area contributed by atoms with Gasteiger partial charge in [-0.05, 0) is 48.9 Å². The SMILES string of the molecule is CCCCCCCCOc1ccc(Cl)cc1/C=C(\C#N)C(=O)Nc1cccc(C(F)(F)F)c1. The lowest BCUT2D eigenvalue weighted by Gasteiger charge is -2.11. The summed E-state index contributed by atoms with van der Waals surface area (Å²) in [6.07, 6.45) is 3.41. The van der Waals surface area contributed by atoms with E-state index in [0.29, 0.717) is 22.9 Å². The molecule has 176 valence electrons. The average molecular weight is 479 g/mol. The number of anilines is 1. The third kappa shape index (κ3) is 8.82. The number of rotatable bonds is 11. The van der Waals surface area contributed by atoms with Crippen LogP contribution in [0.3, 0.4) is 0 Å². The molecule has 0 radical (unpaired) electrons. The van der Waals surface area contributed by atoms with Gasteiger partial charge in [0.15, 0.2) is 0 Å². The summed E-state index contributed by atoms with van der Waals surface area (Å²) >= 11 is 6.07. The van der Waals surface area contributed by atoms with Gasteiger partial charge in [0, 0.05) is 16.3 Å². The minimum absolute atomic E-state index is 0.0679. The molecule has 0 unspecified atom stereocenters. The zero-order chi connectivity index (χ0) is 24.3. The van der Waals surface area contributed by atoms with E-state index in [1.807, 2.05) is 0 Å². The van der Waals surface area contributed by atoms with Gasteiger partial charge >= 0.3 is 6.18 Å². The molecule has 0 saturated carbocycles. The molecule has 0 fully saturated rings. The summed E-state index contributed by atoms with van der Waals surface area (Å²) in [7, 11) is 0. The van der Waals surface area contributed by atoms with Crippen LogP contribution in [-0.4, -0.2) is 12.5 Å². The zero-order valence-corrected chi connectivity index (χ0v) is 19.1. The summed E-state index contributed by atoms with van der Waals surface area (Å²) in [5.41, 5.74) is -0.826. The highest BCUT2D eigenvalue weighted by molar-refractivity contribution is 6.30. The van der Waals surface area contributed by atoms with Gasteiger partial charge in [-0.2, -0.15) is 18.4 Å². The molecule has 8 heteroatoms. The third-order valence-electron chi connectivity index (χ3n) is 4.84. The molecule has 33 heavy (non-hydrogen) atoms. The number of hydrogen-bond donors (Lipinski definition) is 1. The number of halogens is 4. The van der Waals surface area contributed by atoms with Crippen LogP contribution in [0.25, 0.3) is 6.08 Å². The molecule has 2 aromatic rings. The minimum atomic E-state index is -4.54. The first-order chi connectivity index (χ1) is 15.7. The smallest absolute Gasteiger partial charge is 0.416 e. The lowest BCUT2D eigenvalue weighted by atomic mass is 10.1. The molecule has 2 rings (SSSR count). The van der Waals surface area contributed by atoms with E-state index in [9.17, 15) is 23.2 Å². The number of unbranched alkanes of at least 4 members (excludes halogenated alkanes) is 5. The highest BCUT2D eigenvalue weighted by Crippen LogP contribution is 2.31. The summed E-state index contributed by atoms with van der Waals surface area (Å²) in [6.45, 7) is 2.64. The van der Waals surface area contributed by atoms with E-state index in [1.54, 1.807) is 24.3 Å². The molecule has 0 aromatic heterocycles. The normalized spacial score (nSPS) is 11.7. The van der Waals surface area contributed by atoms with Gasteiger partial charge < -0.3 is 10.1 Å². The van der Waals surface area contributed by atoms with Crippen LogP contribution in [-0.2, 0) is 11.0 Å². The van der Waals surface area contributed by atoms with E-state index in [2.05, 4.69) is 12.2 Å². The Morgan fingerprint density at radius 3 is 2.55 bits per heavy atom.